The lowest BCUT2D eigenvalue weighted by Gasteiger charge is -2.06. The molecule has 0 spiro atoms. The fraction of sp³-hybridized carbons (Fsp3) is 0.150. The molecule has 0 fully saturated rings. The lowest BCUT2D eigenvalue weighted by Crippen LogP contribution is -2.06. The first-order chi connectivity index (χ1) is 13.0. The van der Waals surface area contributed by atoms with Crippen LogP contribution < -0.4 is 0 Å². The molecule has 27 heavy (non-hydrogen) atoms. The van der Waals surface area contributed by atoms with Crippen molar-refractivity contribution in [1.82, 2.24) is 10.2 Å². The summed E-state index contributed by atoms with van der Waals surface area (Å²) >= 11 is 1.65. The number of esters is 1. The predicted molar refractivity (Wildman–Crippen MR) is 101 cm³/mol. The summed E-state index contributed by atoms with van der Waals surface area (Å²) in [6, 6.07) is 13.5. The van der Waals surface area contributed by atoms with Gasteiger partial charge in [0.25, 0.3) is 5.89 Å². The highest BCUT2D eigenvalue weighted by molar-refractivity contribution is 7.98. The first-order valence-electron chi connectivity index (χ1n) is 8.17. The standard InChI is InChI=1S/C20H17FN2O3S/c1-13(19-22-23-20(26-19)15-6-8-16(21)9-7-15)25-18(24)12-5-14-3-10-17(27-2)11-4-14/h3-13H,1-2H3/b12-5+/t13-/m1/s1. The van der Waals surface area contributed by atoms with Crippen LogP contribution in [-0.2, 0) is 9.53 Å². The quantitative estimate of drug-likeness (QED) is 0.342. The molecule has 0 unspecified atom stereocenters. The highest BCUT2D eigenvalue weighted by Crippen LogP contribution is 2.23. The van der Waals surface area contributed by atoms with Crippen molar-refractivity contribution in [2.24, 2.45) is 0 Å². The molecule has 0 saturated heterocycles. The number of ether oxygens (including phenoxy) is 1. The Hall–Kier alpha value is -2.93. The molecule has 138 valence electrons. The minimum atomic E-state index is -0.706. The van der Waals surface area contributed by atoms with E-state index in [4.69, 9.17) is 9.15 Å². The normalized spacial score (nSPS) is 12.3. The molecule has 0 bridgehead atoms. The summed E-state index contributed by atoms with van der Waals surface area (Å²) in [6.07, 6.45) is 4.32. The first kappa shape index (κ1) is 18.8. The first-order valence-corrected chi connectivity index (χ1v) is 9.39. The van der Waals surface area contributed by atoms with Crippen LogP contribution in [0.3, 0.4) is 0 Å². The Kier molecular flexibility index (Phi) is 6.03. The predicted octanol–water partition coefficient (Wildman–Crippen LogP) is 4.92. The second-order valence-corrected chi connectivity index (χ2v) is 6.52. The molecule has 0 aliphatic carbocycles. The molecule has 1 atom stereocenters. The summed E-state index contributed by atoms with van der Waals surface area (Å²) in [5.74, 6) is -0.466. The van der Waals surface area contributed by atoms with Gasteiger partial charge in [-0.2, -0.15) is 0 Å². The molecule has 0 aliphatic heterocycles. The highest BCUT2D eigenvalue weighted by Gasteiger charge is 2.18. The summed E-state index contributed by atoms with van der Waals surface area (Å²) in [5, 5.41) is 7.80. The molecular formula is C20H17FN2O3S. The van der Waals surface area contributed by atoms with Gasteiger partial charge in [0, 0.05) is 16.5 Å². The molecular weight excluding hydrogens is 367 g/mol. The van der Waals surface area contributed by atoms with Gasteiger partial charge in [0.05, 0.1) is 0 Å². The van der Waals surface area contributed by atoms with Gasteiger partial charge in [-0.25, -0.2) is 9.18 Å². The smallest absolute Gasteiger partial charge is 0.331 e. The Morgan fingerprint density at radius 1 is 1.15 bits per heavy atom. The van der Waals surface area contributed by atoms with E-state index in [0.717, 1.165) is 10.5 Å². The lowest BCUT2D eigenvalue weighted by molar-refractivity contribution is -0.143. The van der Waals surface area contributed by atoms with Crippen LogP contribution in [0.15, 0.2) is 63.9 Å². The number of hydrogen-bond donors (Lipinski definition) is 0. The van der Waals surface area contributed by atoms with Crippen LogP contribution in [0, 0.1) is 5.82 Å². The average Bonchev–Trinajstić information content (AvgIpc) is 3.18. The molecule has 2 aromatic carbocycles. The van der Waals surface area contributed by atoms with E-state index >= 15 is 0 Å². The van der Waals surface area contributed by atoms with Crippen molar-refractivity contribution in [2.75, 3.05) is 6.26 Å². The molecule has 1 heterocycles. The lowest BCUT2D eigenvalue weighted by atomic mass is 10.2. The summed E-state index contributed by atoms with van der Waals surface area (Å²) in [5.41, 5.74) is 1.48. The number of carbonyl (C=O) groups is 1. The van der Waals surface area contributed by atoms with Crippen molar-refractivity contribution in [3.8, 4) is 11.5 Å². The van der Waals surface area contributed by atoms with Gasteiger partial charge < -0.3 is 9.15 Å². The molecule has 0 aliphatic rings. The van der Waals surface area contributed by atoms with E-state index in [0.29, 0.717) is 5.56 Å². The number of rotatable bonds is 6. The van der Waals surface area contributed by atoms with Crippen molar-refractivity contribution in [3.63, 3.8) is 0 Å². The van der Waals surface area contributed by atoms with Gasteiger partial charge in [-0.05, 0) is 61.2 Å². The fourth-order valence-electron chi connectivity index (χ4n) is 2.25. The van der Waals surface area contributed by atoms with Gasteiger partial charge in [-0.3, -0.25) is 0 Å². The third kappa shape index (κ3) is 5.04. The van der Waals surface area contributed by atoms with E-state index < -0.39 is 12.1 Å². The van der Waals surface area contributed by atoms with Crippen LogP contribution in [-0.4, -0.2) is 22.4 Å². The summed E-state index contributed by atoms with van der Waals surface area (Å²) in [4.78, 5) is 13.1. The summed E-state index contributed by atoms with van der Waals surface area (Å²) in [7, 11) is 0. The van der Waals surface area contributed by atoms with Crippen LogP contribution in [0.4, 0.5) is 4.39 Å². The maximum atomic E-state index is 13.0. The molecule has 0 radical (unpaired) electrons. The Labute approximate surface area is 160 Å². The topological polar surface area (TPSA) is 65.2 Å². The van der Waals surface area contributed by atoms with E-state index in [9.17, 15) is 9.18 Å². The SMILES string of the molecule is CSc1ccc(/C=C/C(=O)O[C@H](C)c2nnc(-c3ccc(F)cc3)o2)cc1. The second-order valence-electron chi connectivity index (χ2n) is 5.64. The minimum Gasteiger partial charge on any atom is -0.449 e. The van der Waals surface area contributed by atoms with Gasteiger partial charge in [-0.15, -0.1) is 22.0 Å². The number of carbonyl (C=O) groups excluding carboxylic acids is 1. The van der Waals surface area contributed by atoms with Gasteiger partial charge in [-0.1, -0.05) is 12.1 Å². The Bertz CT molecular complexity index is 937. The largest absolute Gasteiger partial charge is 0.449 e. The van der Waals surface area contributed by atoms with Crippen LogP contribution in [0.1, 0.15) is 24.5 Å². The van der Waals surface area contributed by atoms with Crippen molar-refractivity contribution in [3.05, 3.63) is 71.9 Å². The molecule has 5 nitrogen and oxygen atoms in total. The van der Waals surface area contributed by atoms with E-state index in [1.54, 1.807) is 24.8 Å². The molecule has 3 aromatic rings. The summed E-state index contributed by atoms with van der Waals surface area (Å²) < 4.78 is 23.8. The fourth-order valence-corrected chi connectivity index (χ4v) is 2.66. The molecule has 0 saturated carbocycles. The number of nitrogens with zero attached hydrogens (tertiary/aromatic N) is 2. The number of benzene rings is 2. The molecule has 7 heteroatoms. The number of hydrogen-bond acceptors (Lipinski definition) is 6. The van der Waals surface area contributed by atoms with Gasteiger partial charge >= 0.3 is 5.97 Å². The van der Waals surface area contributed by atoms with E-state index in [1.807, 2.05) is 30.5 Å². The van der Waals surface area contributed by atoms with E-state index in [-0.39, 0.29) is 17.6 Å². The minimum absolute atomic E-state index is 0.167. The highest BCUT2D eigenvalue weighted by atomic mass is 32.2. The average molecular weight is 384 g/mol. The molecule has 0 N–H and O–H groups in total. The van der Waals surface area contributed by atoms with Crippen LogP contribution in [0.2, 0.25) is 0 Å². The van der Waals surface area contributed by atoms with Crippen molar-refractivity contribution in [2.45, 2.75) is 17.9 Å². The number of halogens is 1. The monoisotopic (exact) mass is 384 g/mol. The zero-order chi connectivity index (χ0) is 19.2. The number of thioether (sulfide) groups is 1. The van der Waals surface area contributed by atoms with E-state index in [2.05, 4.69) is 10.2 Å². The van der Waals surface area contributed by atoms with Crippen LogP contribution in [0.25, 0.3) is 17.5 Å². The molecule has 3 rings (SSSR count). The van der Waals surface area contributed by atoms with Gasteiger partial charge in [0.15, 0.2) is 6.10 Å². The third-order valence-electron chi connectivity index (χ3n) is 3.70. The van der Waals surface area contributed by atoms with Crippen molar-refractivity contribution >= 4 is 23.8 Å². The van der Waals surface area contributed by atoms with E-state index in [1.165, 1.54) is 30.3 Å². The molecule has 0 amide bonds. The van der Waals surface area contributed by atoms with Crippen molar-refractivity contribution in [1.29, 1.82) is 0 Å². The Balaban J connectivity index is 1.61. The maximum absolute atomic E-state index is 13.0. The maximum Gasteiger partial charge on any atom is 0.331 e. The molecule has 1 aromatic heterocycles. The van der Waals surface area contributed by atoms with Crippen LogP contribution >= 0.6 is 11.8 Å². The zero-order valence-corrected chi connectivity index (χ0v) is 15.6. The number of aromatic nitrogens is 2. The van der Waals surface area contributed by atoms with Gasteiger partial charge in [0.1, 0.15) is 5.82 Å². The summed E-state index contributed by atoms with van der Waals surface area (Å²) in [6.45, 7) is 1.64. The Morgan fingerprint density at radius 2 is 1.85 bits per heavy atom. The third-order valence-corrected chi connectivity index (χ3v) is 4.44. The second kappa shape index (κ2) is 8.64. The van der Waals surface area contributed by atoms with Gasteiger partial charge in [0.2, 0.25) is 5.89 Å². The Morgan fingerprint density at radius 3 is 2.52 bits per heavy atom. The zero-order valence-electron chi connectivity index (χ0n) is 14.8. The van der Waals surface area contributed by atoms with Crippen LogP contribution in [0.5, 0.6) is 0 Å². The van der Waals surface area contributed by atoms with Crippen molar-refractivity contribution < 1.29 is 18.3 Å².